The van der Waals surface area contributed by atoms with Gasteiger partial charge in [-0.3, -0.25) is 9.78 Å². The molecule has 7 heteroatoms. The van der Waals surface area contributed by atoms with Crippen LogP contribution >= 0.6 is 0 Å². The predicted octanol–water partition coefficient (Wildman–Crippen LogP) is 1.62. The average molecular weight is 308 g/mol. The second kappa shape index (κ2) is 6.19. The van der Waals surface area contributed by atoms with Gasteiger partial charge in [-0.2, -0.15) is 0 Å². The standard InChI is InChI=1S/C14H16N2O4S/c1-2-10(14(17)18)9-16-21(19,20)13-5-3-4-11-8-15-7-6-12(11)13/h3-8,10,16H,2,9H2,1H3,(H,17,18). The highest BCUT2D eigenvalue weighted by Crippen LogP contribution is 2.21. The van der Waals surface area contributed by atoms with Crippen molar-refractivity contribution in [2.24, 2.45) is 5.92 Å². The van der Waals surface area contributed by atoms with Crippen molar-refractivity contribution in [3.63, 3.8) is 0 Å². The number of aliphatic carboxylic acids is 1. The number of hydrogen-bond acceptors (Lipinski definition) is 4. The molecule has 1 atom stereocenters. The molecule has 0 aliphatic rings. The van der Waals surface area contributed by atoms with E-state index in [-0.39, 0.29) is 11.4 Å². The van der Waals surface area contributed by atoms with E-state index in [1.807, 2.05) is 0 Å². The summed E-state index contributed by atoms with van der Waals surface area (Å²) in [5, 5.41) is 10.2. The van der Waals surface area contributed by atoms with E-state index < -0.39 is 21.9 Å². The zero-order chi connectivity index (χ0) is 15.5. The third-order valence-electron chi connectivity index (χ3n) is 3.29. The SMILES string of the molecule is CCC(CNS(=O)(=O)c1cccc2cnccc12)C(=O)O. The van der Waals surface area contributed by atoms with Crippen LogP contribution in [-0.2, 0) is 14.8 Å². The molecule has 112 valence electrons. The van der Waals surface area contributed by atoms with Crippen LogP contribution in [0.2, 0.25) is 0 Å². The summed E-state index contributed by atoms with van der Waals surface area (Å²) in [6.07, 6.45) is 3.46. The first-order valence-corrected chi connectivity index (χ1v) is 7.99. The molecule has 0 saturated heterocycles. The highest BCUT2D eigenvalue weighted by Gasteiger charge is 2.21. The Labute approximate surface area is 122 Å². The van der Waals surface area contributed by atoms with Gasteiger partial charge in [-0.1, -0.05) is 19.1 Å². The Kier molecular flexibility index (Phi) is 4.54. The van der Waals surface area contributed by atoms with E-state index in [1.54, 1.807) is 31.3 Å². The molecule has 0 saturated carbocycles. The lowest BCUT2D eigenvalue weighted by atomic mass is 10.1. The smallest absolute Gasteiger partial charge is 0.307 e. The largest absolute Gasteiger partial charge is 0.481 e. The normalized spacial score (nSPS) is 13.2. The summed E-state index contributed by atoms with van der Waals surface area (Å²) in [5.74, 6) is -1.75. The molecular weight excluding hydrogens is 292 g/mol. The molecule has 2 aromatic rings. The van der Waals surface area contributed by atoms with E-state index in [4.69, 9.17) is 5.11 Å². The molecule has 0 fully saturated rings. The Hall–Kier alpha value is -1.99. The minimum absolute atomic E-state index is 0.127. The maximum absolute atomic E-state index is 12.4. The molecular formula is C14H16N2O4S. The summed E-state index contributed by atoms with van der Waals surface area (Å²) < 4.78 is 27.1. The number of aromatic nitrogens is 1. The van der Waals surface area contributed by atoms with Crippen molar-refractivity contribution in [3.8, 4) is 0 Å². The topological polar surface area (TPSA) is 96.4 Å². The van der Waals surface area contributed by atoms with Gasteiger partial charge in [0.15, 0.2) is 0 Å². The first kappa shape index (κ1) is 15.4. The summed E-state index contributed by atoms with van der Waals surface area (Å²) in [6, 6.07) is 6.52. The summed E-state index contributed by atoms with van der Waals surface area (Å²) in [6.45, 7) is 1.58. The van der Waals surface area contributed by atoms with Gasteiger partial charge < -0.3 is 5.11 Å². The number of carboxylic acid groups (broad SMARTS) is 1. The summed E-state index contributed by atoms with van der Waals surface area (Å²) in [5.41, 5.74) is 0. The number of rotatable bonds is 6. The summed E-state index contributed by atoms with van der Waals surface area (Å²) >= 11 is 0. The van der Waals surface area contributed by atoms with Crippen molar-refractivity contribution in [1.82, 2.24) is 9.71 Å². The van der Waals surface area contributed by atoms with Crippen molar-refractivity contribution in [2.75, 3.05) is 6.54 Å². The number of fused-ring (bicyclic) bond motifs is 1. The highest BCUT2D eigenvalue weighted by molar-refractivity contribution is 7.89. The van der Waals surface area contributed by atoms with E-state index in [1.165, 1.54) is 12.3 Å². The number of carbonyl (C=O) groups is 1. The summed E-state index contributed by atoms with van der Waals surface area (Å²) in [4.78, 5) is 15.0. The van der Waals surface area contributed by atoms with E-state index in [0.717, 1.165) is 0 Å². The lowest BCUT2D eigenvalue weighted by molar-refractivity contribution is -0.141. The van der Waals surface area contributed by atoms with Crippen LogP contribution in [0.15, 0.2) is 41.6 Å². The Balaban J connectivity index is 2.32. The number of nitrogens with one attached hydrogen (secondary N) is 1. The van der Waals surface area contributed by atoms with Crippen LogP contribution in [0.5, 0.6) is 0 Å². The molecule has 2 N–H and O–H groups in total. The molecule has 0 aliphatic carbocycles. The van der Waals surface area contributed by atoms with Crippen LogP contribution in [0.4, 0.5) is 0 Å². The monoisotopic (exact) mass is 308 g/mol. The average Bonchev–Trinajstić information content (AvgIpc) is 2.46. The van der Waals surface area contributed by atoms with Gasteiger partial charge in [0.1, 0.15) is 0 Å². The minimum Gasteiger partial charge on any atom is -0.481 e. The first-order chi connectivity index (χ1) is 9.95. The van der Waals surface area contributed by atoms with Crippen molar-refractivity contribution >= 4 is 26.8 Å². The van der Waals surface area contributed by atoms with E-state index >= 15 is 0 Å². The van der Waals surface area contributed by atoms with Crippen LogP contribution in [-0.4, -0.2) is 31.0 Å². The van der Waals surface area contributed by atoms with E-state index in [0.29, 0.717) is 17.2 Å². The fourth-order valence-corrected chi connectivity index (χ4v) is 3.33. The Morgan fingerprint density at radius 3 is 2.81 bits per heavy atom. The number of pyridine rings is 1. The van der Waals surface area contributed by atoms with Crippen LogP contribution < -0.4 is 4.72 Å². The van der Waals surface area contributed by atoms with Gasteiger partial charge in [-0.05, 0) is 18.6 Å². The number of benzene rings is 1. The van der Waals surface area contributed by atoms with Crippen LogP contribution in [0.3, 0.4) is 0 Å². The fraction of sp³-hybridized carbons (Fsp3) is 0.286. The third kappa shape index (κ3) is 3.37. The van der Waals surface area contributed by atoms with Crippen molar-refractivity contribution in [1.29, 1.82) is 0 Å². The predicted molar refractivity (Wildman–Crippen MR) is 78.3 cm³/mol. The van der Waals surface area contributed by atoms with Gasteiger partial charge in [-0.25, -0.2) is 13.1 Å². The zero-order valence-electron chi connectivity index (χ0n) is 11.5. The third-order valence-corrected chi connectivity index (χ3v) is 4.77. The van der Waals surface area contributed by atoms with Gasteiger partial charge in [0.05, 0.1) is 10.8 Å². The van der Waals surface area contributed by atoms with Crippen molar-refractivity contribution < 1.29 is 18.3 Å². The zero-order valence-corrected chi connectivity index (χ0v) is 12.3. The number of carboxylic acids is 1. The van der Waals surface area contributed by atoms with Gasteiger partial charge in [0.25, 0.3) is 0 Å². The molecule has 21 heavy (non-hydrogen) atoms. The molecule has 0 bridgehead atoms. The Morgan fingerprint density at radius 2 is 2.14 bits per heavy atom. The maximum atomic E-state index is 12.4. The molecule has 0 amide bonds. The van der Waals surface area contributed by atoms with Gasteiger partial charge in [0, 0.05) is 29.7 Å². The molecule has 1 aromatic carbocycles. The first-order valence-electron chi connectivity index (χ1n) is 6.51. The van der Waals surface area contributed by atoms with Crippen LogP contribution in [0.1, 0.15) is 13.3 Å². The van der Waals surface area contributed by atoms with E-state index in [9.17, 15) is 13.2 Å². The highest BCUT2D eigenvalue weighted by atomic mass is 32.2. The van der Waals surface area contributed by atoms with Crippen molar-refractivity contribution in [3.05, 3.63) is 36.7 Å². The molecule has 6 nitrogen and oxygen atoms in total. The lowest BCUT2D eigenvalue weighted by Crippen LogP contribution is -2.32. The summed E-state index contributed by atoms with van der Waals surface area (Å²) in [7, 11) is -3.77. The van der Waals surface area contributed by atoms with E-state index in [2.05, 4.69) is 9.71 Å². The second-order valence-corrected chi connectivity index (χ2v) is 6.38. The molecule has 2 rings (SSSR count). The lowest BCUT2D eigenvalue weighted by Gasteiger charge is -2.13. The van der Waals surface area contributed by atoms with Gasteiger partial charge >= 0.3 is 5.97 Å². The molecule has 0 radical (unpaired) electrons. The van der Waals surface area contributed by atoms with Gasteiger partial charge in [0.2, 0.25) is 10.0 Å². The van der Waals surface area contributed by atoms with Crippen molar-refractivity contribution in [2.45, 2.75) is 18.2 Å². The number of nitrogens with zero attached hydrogens (tertiary/aromatic N) is 1. The second-order valence-electron chi connectivity index (χ2n) is 4.65. The van der Waals surface area contributed by atoms with Crippen LogP contribution in [0, 0.1) is 5.92 Å². The Bertz CT molecular complexity index is 753. The van der Waals surface area contributed by atoms with Gasteiger partial charge in [-0.15, -0.1) is 0 Å². The number of sulfonamides is 1. The molecule has 1 aromatic heterocycles. The fourth-order valence-electron chi connectivity index (χ4n) is 2.02. The molecule has 1 unspecified atom stereocenters. The molecule has 0 spiro atoms. The number of hydrogen-bond donors (Lipinski definition) is 2. The Morgan fingerprint density at radius 1 is 1.38 bits per heavy atom. The molecule has 1 heterocycles. The maximum Gasteiger partial charge on any atom is 0.307 e. The molecule has 0 aliphatic heterocycles. The van der Waals surface area contributed by atoms with Crippen LogP contribution in [0.25, 0.3) is 10.8 Å². The minimum atomic E-state index is -3.77. The quantitative estimate of drug-likeness (QED) is 0.845.